The van der Waals surface area contributed by atoms with Crippen LogP contribution in [0.2, 0.25) is 0 Å². The molecule has 0 saturated carbocycles. The highest BCUT2D eigenvalue weighted by molar-refractivity contribution is 5.83. The first-order chi connectivity index (χ1) is 9.97. The SMILES string of the molecule is Cc1ccc(-c2oc3cc(C)c(C)cc3c(=O)c2O)cc1. The first-order valence-electron chi connectivity index (χ1n) is 6.81. The molecule has 0 bridgehead atoms. The molecule has 106 valence electrons. The van der Waals surface area contributed by atoms with Crippen molar-refractivity contribution in [3.63, 3.8) is 0 Å². The van der Waals surface area contributed by atoms with Crippen molar-refractivity contribution in [2.45, 2.75) is 20.8 Å². The summed E-state index contributed by atoms with van der Waals surface area (Å²) < 4.78 is 5.79. The van der Waals surface area contributed by atoms with Crippen LogP contribution in [0.25, 0.3) is 22.3 Å². The fraction of sp³-hybridized carbons (Fsp3) is 0.167. The minimum absolute atomic E-state index is 0.218. The maximum Gasteiger partial charge on any atom is 0.235 e. The summed E-state index contributed by atoms with van der Waals surface area (Å²) >= 11 is 0. The molecule has 21 heavy (non-hydrogen) atoms. The summed E-state index contributed by atoms with van der Waals surface area (Å²) in [6.07, 6.45) is 0. The summed E-state index contributed by atoms with van der Waals surface area (Å²) in [7, 11) is 0. The minimum atomic E-state index is -0.394. The van der Waals surface area contributed by atoms with E-state index in [-0.39, 0.29) is 11.5 Å². The van der Waals surface area contributed by atoms with Crippen LogP contribution in [0.3, 0.4) is 0 Å². The smallest absolute Gasteiger partial charge is 0.235 e. The molecule has 0 aliphatic heterocycles. The summed E-state index contributed by atoms with van der Waals surface area (Å²) in [6.45, 7) is 5.87. The highest BCUT2D eigenvalue weighted by Crippen LogP contribution is 2.30. The largest absolute Gasteiger partial charge is 0.502 e. The van der Waals surface area contributed by atoms with Crippen molar-refractivity contribution in [2.75, 3.05) is 0 Å². The van der Waals surface area contributed by atoms with Gasteiger partial charge in [-0.2, -0.15) is 0 Å². The number of rotatable bonds is 1. The Kier molecular flexibility index (Phi) is 3.05. The molecule has 0 spiro atoms. The van der Waals surface area contributed by atoms with Gasteiger partial charge in [0.25, 0.3) is 0 Å². The van der Waals surface area contributed by atoms with E-state index in [9.17, 15) is 9.90 Å². The Morgan fingerprint density at radius 3 is 2.24 bits per heavy atom. The predicted octanol–water partition coefficient (Wildman–Crippen LogP) is 4.09. The third-order valence-electron chi connectivity index (χ3n) is 3.80. The molecule has 0 atom stereocenters. The molecular weight excluding hydrogens is 264 g/mol. The number of hydrogen-bond acceptors (Lipinski definition) is 3. The van der Waals surface area contributed by atoms with Crippen molar-refractivity contribution in [3.8, 4) is 17.1 Å². The average Bonchev–Trinajstić information content (AvgIpc) is 2.46. The molecule has 0 aliphatic rings. The fourth-order valence-corrected chi connectivity index (χ4v) is 2.34. The second kappa shape index (κ2) is 4.77. The van der Waals surface area contributed by atoms with Crippen LogP contribution in [0.5, 0.6) is 5.75 Å². The zero-order valence-electron chi connectivity index (χ0n) is 12.2. The Balaban J connectivity index is 2.34. The van der Waals surface area contributed by atoms with Crippen LogP contribution < -0.4 is 5.43 Å². The lowest BCUT2D eigenvalue weighted by Gasteiger charge is -2.08. The van der Waals surface area contributed by atoms with Gasteiger partial charge in [0.05, 0.1) is 5.39 Å². The van der Waals surface area contributed by atoms with E-state index in [1.165, 1.54) is 0 Å². The van der Waals surface area contributed by atoms with Gasteiger partial charge in [-0.15, -0.1) is 0 Å². The maximum atomic E-state index is 12.3. The van der Waals surface area contributed by atoms with Gasteiger partial charge in [0.2, 0.25) is 11.2 Å². The van der Waals surface area contributed by atoms with Gasteiger partial charge < -0.3 is 9.52 Å². The summed E-state index contributed by atoms with van der Waals surface area (Å²) in [6, 6.07) is 11.1. The predicted molar refractivity (Wildman–Crippen MR) is 83.8 cm³/mol. The van der Waals surface area contributed by atoms with E-state index in [1.807, 2.05) is 51.1 Å². The van der Waals surface area contributed by atoms with Gasteiger partial charge in [-0.3, -0.25) is 4.79 Å². The van der Waals surface area contributed by atoms with Gasteiger partial charge in [-0.05, 0) is 44.0 Å². The van der Waals surface area contributed by atoms with E-state index < -0.39 is 5.43 Å². The lowest BCUT2D eigenvalue weighted by molar-refractivity contribution is 0.449. The van der Waals surface area contributed by atoms with Gasteiger partial charge >= 0.3 is 0 Å². The summed E-state index contributed by atoms with van der Waals surface area (Å²) in [5.74, 6) is -0.120. The first kappa shape index (κ1) is 13.4. The van der Waals surface area contributed by atoms with Gasteiger partial charge in [0.1, 0.15) is 5.58 Å². The van der Waals surface area contributed by atoms with Gasteiger partial charge in [-0.1, -0.05) is 29.8 Å². The fourth-order valence-electron chi connectivity index (χ4n) is 2.34. The van der Waals surface area contributed by atoms with E-state index in [4.69, 9.17) is 4.42 Å². The summed E-state index contributed by atoms with van der Waals surface area (Å²) in [4.78, 5) is 12.3. The molecule has 0 unspecified atom stereocenters. The molecule has 0 fully saturated rings. The summed E-state index contributed by atoms with van der Waals surface area (Å²) in [5, 5.41) is 10.6. The van der Waals surface area contributed by atoms with Crippen molar-refractivity contribution in [1.29, 1.82) is 0 Å². The molecule has 1 aromatic heterocycles. The van der Waals surface area contributed by atoms with Crippen LogP contribution in [0.4, 0.5) is 0 Å². The lowest BCUT2D eigenvalue weighted by atomic mass is 10.0. The number of aryl methyl sites for hydroxylation is 3. The molecule has 3 aromatic rings. The van der Waals surface area contributed by atoms with E-state index in [1.54, 1.807) is 6.07 Å². The van der Waals surface area contributed by atoms with Crippen molar-refractivity contribution in [1.82, 2.24) is 0 Å². The van der Waals surface area contributed by atoms with Gasteiger partial charge in [0.15, 0.2) is 5.76 Å². The molecule has 0 amide bonds. The standard InChI is InChI=1S/C18H16O3/c1-10-4-6-13(7-5-10)18-17(20)16(19)14-8-11(2)12(3)9-15(14)21-18/h4-9,20H,1-3H3. The van der Waals surface area contributed by atoms with Crippen LogP contribution in [-0.4, -0.2) is 5.11 Å². The van der Waals surface area contributed by atoms with Crippen LogP contribution in [0, 0.1) is 20.8 Å². The Morgan fingerprint density at radius 1 is 0.952 bits per heavy atom. The molecule has 0 aliphatic carbocycles. The van der Waals surface area contributed by atoms with Crippen LogP contribution in [-0.2, 0) is 0 Å². The monoisotopic (exact) mass is 280 g/mol. The zero-order valence-corrected chi connectivity index (χ0v) is 12.2. The quantitative estimate of drug-likeness (QED) is 0.730. The normalized spacial score (nSPS) is 11.0. The number of aromatic hydroxyl groups is 1. The van der Waals surface area contributed by atoms with E-state index in [0.29, 0.717) is 16.5 Å². The minimum Gasteiger partial charge on any atom is -0.502 e. The molecule has 0 radical (unpaired) electrons. The molecule has 3 heteroatoms. The number of hydrogen-bond donors (Lipinski definition) is 1. The topological polar surface area (TPSA) is 50.4 Å². The maximum absolute atomic E-state index is 12.3. The van der Waals surface area contributed by atoms with Crippen molar-refractivity contribution in [2.24, 2.45) is 0 Å². The molecule has 0 saturated heterocycles. The second-order valence-electron chi connectivity index (χ2n) is 5.41. The third-order valence-corrected chi connectivity index (χ3v) is 3.80. The van der Waals surface area contributed by atoms with Crippen molar-refractivity contribution in [3.05, 3.63) is 63.3 Å². The highest BCUT2D eigenvalue weighted by Gasteiger charge is 2.15. The zero-order chi connectivity index (χ0) is 15.1. The molecule has 3 nitrogen and oxygen atoms in total. The van der Waals surface area contributed by atoms with E-state index in [2.05, 4.69) is 0 Å². The van der Waals surface area contributed by atoms with E-state index >= 15 is 0 Å². The Hall–Kier alpha value is -2.55. The Bertz CT molecular complexity index is 887. The lowest BCUT2D eigenvalue weighted by Crippen LogP contribution is -2.03. The van der Waals surface area contributed by atoms with Crippen molar-refractivity contribution < 1.29 is 9.52 Å². The van der Waals surface area contributed by atoms with Gasteiger partial charge in [0, 0.05) is 5.56 Å². The third kappa shape index (κ3) is 2.21. The molecule has 2 aromatic carbocycles. The molecule has 1 N–H and O–H groups in total. The Labute approximate surface area is 122 Å². The van der Waals surface area contributed by atoms with Crippen LogP contribution >= 0.6 is 0 Å². The highest BCUT2D eigenvalue weighted by atomic mass is 16.4. The second-order valence-corrected chi connectivity index (χ2v) is 5.41. The van der Waals surface area contributed by atoms with Crippen molar-refractivity contribution >= 4 is 11.0 Å². The van der Waals surface area contributed by atoms with Crippen LogP contribution in [0.15, 0.2) is 45.6 Å². The molecule has 1 heterocycles. The van der Waals surface area contributed by atoms with Gasteiger partial charge in [-0.25, -0.2) is 0 Å². The Morgan fingerprint density at radius 2 is 1.57 bits per heavy atom. The van der Waals surface area contributed by atoms with Crippen LogP contribution in [0.1, 0.15) is 16.7 Å². The number of fused-ring (bicyclic) bond motifs is 1. The number of benzene rings is 2. The average molecular weight is 280 g/mol. The summed E-state index contributed by atoms with van der Waals surface area (Å²) in [5.41, 5.74) is 3.94. The first-order valence-corrected chi connectivity index (χ1v) is 6.81. The molecule has 3 rings (SSSR count). The van der Waals surface area contributed by atoms with E-state index in [0.717, 1.165) is 16.7 Å². The molecular formula is C18H16O3.